The molecule has 3 aromatic heterocycles. The number of aryl methyl sites for hydroxylation is 1. The molecule has 3 rings (SSSR count). The summed E-state index contributed by atoms with van der Waals surface area (Å²) in [5.41, 5.74) is 0. The number of imidazole rings is 1. The van der Waals surface area contributed by atoms with Gasteiger partial charge in [0.1, 0.15) is 12.7 Å². The SMILES string of the molecule is CNc1nc(NCc2nncn2C)nc(-n2ccnc2)n1. The number of nitrogens with one attached hydrogen (secondary N) is 2. The van der Waals surface area contributed by atoms with Crippen LogP contribution in [-0.4, -0.2) is 46.3 Å². The second kappa shape index (κ2) is 5.53. The molecule has 0 aliphatic rings. The van der Waals surface area contributed by atoms with Crippen molar-refractivity contribution in [3.63, 3.8) is 0 Å². The van der Waals surface area contributed by atoms with E-state index in [0.29, 0.717) is 24.4 Å². The van der Waals surface area contributed by atoms with Gasteiger partial charge in [-0.2, -0.15) is 15.0 Å². The first-order valence-electron chi connectivity index (χ1n) is 6.25. The molecule has 0 amide bonds. The standard InChI is InChI=1S/C11H14N10/c1-12-9-16-10(14-5-8-19-15-7-20(8)2)18-11(17-9)21-4-3-13-6-21/h3-4,6-7H,5H2,1-2H3,(H2,12,14,16,17,18). The Morgan fingerprint density at radius 1 is 1.14 bits per heavy atom. The third-order valence-electron chi connectivity index (χ3n) is 2.79. The van der Waals surface area contributed by atoms with E-state index in [1.165, 1.54) is 0 Å². The number of rotatable bonds is 5. The van der Waals surface area contributed by atoms with Gasteiger partial charge in [-0.15, -0.1) is 10.2 Å². The smallest absolute Gasteiger partial charge is 0.241 e. The van der Waals surface area contributed by atoms with E-state index in [0.717, 1.165) is 5.82 Å². The first-order valence-corrected chi connectivity index (χ1v) is 6.25. The summed E-state index contributed by atoms with van der Waals surface area (Å²) in [6, 6.07) is 0. The lowest BCUT2D eigenvalue weighted by molar-refractivity contribution is 0.802. The molecule has 3 heterocycles. The van der Waals surface area contributed by atoms with Crippen molar-refractivity contribution in [1.29, 1.82) is 0 Å². The summed E-state index contributed by atoms with van der Waals surface area (Å²) in [4.78, 5) is 16.9. The molecule has 10 heteroatoms. The Balaban J connectivity index is 1.84. The van der Waals surface area contributed by atoms with Gasteiger partial charge in [-0.1, -0.05) is 0 Å². The molecule has 3 aromatic rings. The molecule has 0 radical (unpaired) electrons. The molecule has 0 aromatic carbocycles. The molecule has 0 aliphatic carbocycles. The molecular formula is C11H14N10. The van der Waals surface area contributed by atoms with Gasteiger partial charge in [0.15, 0.2) is 5.82 Å². The molecule has 2 N–H and O–H groups in total. The summed E-state index contributed by atoms with van der Waals surface area (Å²) in [7, 11) is 3.62. The Morgan fingerprint density at radius 3 is 2.67 bits per heavy atom. The highest BCUT2D eigenvalue weighted by molar-refractivity contribution is 5.37. The van der Waals surface area contributed by atoms with E-state index in [4.69, 9.17) is 0 Å². The van der Waals surface area contributed by atoms with Gasteiger partial charge in [0, 0.05) is 26.5 Å². The monoisotopic (exact) mass is 286 g/mol. The predicted octanol–water partition coefficient (Wildman–Crippen LogP) is -0.160. The molecule has 21 heavy (non-hydrogen) atoms. The molecule has 108 valence electrons. The normalized spacial score (nSPS) is 10.6. The van der Waals surface area contributed by atoms with Crippen molar-refractivity contribution in [2.75, 3.05) is 17.7 Å². The predicted molar refractivity (Wildman–Crippen MR) is 74.8 cm³/mol. The van der Waals surface area contributed by atoms with Crippen LogP contribution in [0.2, 0.25) is 0 Å². The van der Waals surface area contributed by atoms with Crippen molar-refractivity contribution in [3.05, 3.63) is 30.9 Å². The third kappa shape index (κ3) is 2.78. The van der Waals surface area contributed by atoms with Crippen molar-refractivity contribution in [1.82, 2.24) is 39.3 Å². The van der Waals surface area contributed by atoms with E-state index in [1.807, 2.05) is 11.6 Å². The van der Waals surface area contributed by atoms with Crippen LogP contribution < -0.4 is 10.6 Å². The number of nitrogens with zero attached hydrogens (tertiary/aromatic N) is 8. The van der Waals surface area contributed by atoms with Crippen molar-refractivity contribution in [2.45, 2.75) is 6.54 Å². The number of hydrogen-bond acceptors (Lipinski definition) is 8. The molecular weight excluding hydrogens is 272 g/mol. The Bertz CT molecular complexity index is 716. The van der Waals surface area contributed by atoms with Crippen LogP contribution in [0.15, 0.2) is 25.0 Å². The molecule has 0 fully saturated rings. The lowest BCUT2D eigenvalue weighted by Gasteiger charge is -2.08. The largest absolute Gasteiger partial charge is 0.357 e. The average Bonchev–Trinajstić information content (AvgIpc) is 3.16. The van der Waals surface area contributed by atoms with E-state index in [-0.39, 0.29) is 0 Å². The highest BCUT2D eigenvalue weighted by Gasteiger charge is 2.08. The first kappa shape index (κ1) is 13.0. The van der Waals surface area contributed by atoms with E-state index in [1.54, 1.807) is 36.7 Å². The van der Waals surface area contributed by atoms with Gasteiger partial charge in [-0.3, -0.25) is 4.57 Å². The molecule has 0 spiro atoms. The van der Waals surface area contributed by atoms with Gasteiger partial charge in [0.05, 0.1) is 6.54 Å². The summed E-state index contributed by atoms with van der Waals surface area (Å²) in [5.74, 6) is 2.17. The van der Waals surface area contributed by atoms with E-state index >= 15 is 0 Å². The zero-order valence-corrected chi connectivity index (χ0v) is 11.6. The minimum atomic E-state index is 0.445. The van der Waals surface area contributed by atoms with Crippen LogP contribution in [0, 0.1) is 0 Å². The van der Waals surface area contributed by atoms with Crippen molar-refractivity contribution in [3.8, 4) is 5.95 Å². The lowest BCUT2D eigenvalue weighted by Crippen LogP contribution is -2.12. The fraction of sp³-hybridized carbons (Fsp3) is 0.273. The Hall–Kier alpha value is -3.04. The summed E-state index contributed by atoms with van der Waals surface area (Å²) in [6.45, 7) is 0.465. The second-order valence-corrected chi connectivity index (χ2v) is 4.21. The van der Waals surface area contributed by atoms with Crippen molar-refractivity contribution >= 4 is 11.9 Å². The van der Waals surface area contributed by atoms with Gasteiger partial charge in [0.2, 0.25) is 17.8 Å². The van der Waals surface area contributed by atoms with E-state index in [9.17, 15) is 0 Å². The summed E-state index contributed by atoms with van der Waals surface area (Å²) in [6.07, 6.45) is 6.69. The van der Waals surface area contributed by atoms with Crippen LogP contribution in [0.1, 0.15) is 5.82 Å². The van der Waals surface area contributed by atoms with Crippen LogP contribution in [0.5, 0.6) is 0 Å². The molecule has 0 atom stereocenters. The van der Waals surface area contributed by atoms with Gasteiger partial charge < -0.3 is 15.2 Å². The molecule has 10 nitrogen and oxygen atoms in total. The van der Waals surface area contributed by atoms with Crippen LogP contribution in [-0.2, 0) is 13.6 Å². The first-order chi connectivity index (χ1) is 10.3. The number of anilines is 2. The van der Waals surface area contributed by atoms with Gasteiger partial charge in [-0.05, 0) is 0 Å². The van der Waals surface area contributed by atoms with Gasteiger partial charge in [-0.25, -0.2) is 4.98 Å². The van der Waals surface area contributed by atoms with Crippen LogP contribution in [0.25, 0.3) is 5.95 Å². The van der Waals surface area contributed by atoms with Crippen molar-refractivity contribution < 1.29 is 0 Å². The molecule has 0 aliphatic heterocycles. The summed E-state index contributed by atoms with van der Waals surface area (Å²) in [5, 5.41) is 13.8. The summed E-state index contributed by atoms with van der Waals surface area (Å²) < 4.78 is 3.53. The van der Waals surface area contributed by atoms with Crippen LogP contribution in [0.3, 0.4) is 0 Å². The molecule has 0 bridgehead atoms. The summed E-state index contributed by atoms with van der Waals surface area (Å²) >= 11 is 0. The van der Waals surface area contributed by atoms with Crippen LogP contribution in [0.4, 0.5) is 11.9 Å². The van der Waals surface area contributed by atoms with E-state index in [2.05, 4.69) is 40.8 Å². The highest BCUT2D eigenvalue weighted by Crippen LogP contribution is 2.09. The molecule has 0 unspecified atom stereocenters. The second-order valence-electron chi connectivity index (χ2n) is 4.21. The molecule has 0 saturated carbocycles. The Labute approximate surface area is 120 Å². The third-order valence-corrected chi connectivity index (χ3v) is 2.79. The Kier molecular flexibility index (Phi) is 3.41. The highest BCUT2D eigenvalue weighted by atomic mass is 15.3. The van der Waals surface area contributed by atoms with Gasteiger partial charge >= 0.3 is 0 Å². The fourth-order valence-corrected chi connectivity index (χ4v) is 1.67. The maximum atomic E-state index is 4.35. The Morgan fingerprint density at radius 2 is 2.00 bits per heavy atom. The van der Waals surface area contributed by atoms with Crippen LogP contribution >= 0.6 is 0 Å². The fourth-order valence-electron chi connectivity index (χ4n) is 1.67. The maximum absolute atomic E-state index is 4.35. The number of hydrogen-bond donors (Lipinski definition) is 2. The lowest BCUT2D eigenvalue weighted by atomic mass is 10.6. The number of aromatic nitrogens is 8. The minimum Gasteiger partial charge on any atom is -0.357 e. The topological polar surface area (TPSA) is 111 Å². The van der Waals surface area contributed by atoms with Crippen molar-refractivity contribution in [2.24, 2.45) is 7.05 Å². The van der Waals surface area contributed by atoms with E-state index < -0.39 is 0 Å². The average molecular weight is 286 g/mol. The zero-order valence-electron chi connectivity index (χ0n) is 11.6. The minimum absolute atomic E-state index is 0.445. The maximum Gasteiger partial charge on any atom is 0.241 e. The quantitative estimate of drug-likeness (QED) is 0.665. The van der Waals surface area contributed by atoms with Gasteiger partial charge in [0.25, 0.3) is 0 Å². The molecule has 0 saturated heterocycles. The zero-order chi connectivity index (χ0) is 14.7.